The predicted molar refractivity (Wildman–Crippen MR) is 79.2 cm³/mol. The van der Waals surface area contributed by atoms with E-state index in [1.54, 1.807) is 11.0 Å². The Balaban J connectivity index is 2.20. The number of rotatable bonds is 4. The standard InChI is InChI=1S/C16H22N2O3/c1-4-7-16(15(20)21)8-9-18(10-16)14(19)13-6-5-11(2)17-12(13)3/h5-6H,4,7-10H2,1-3H3,(H,20,21). The molecule has 0 aliphatic carbocycles. The average Bonchev–Trinajstić information content (AvgIpc) is 2.84. The second kappa shape index (κ2) is 5.84. The molecule has 0 aromatic carbocycles. The van der Waals surface area contributed by atoms with Gasteiger partial charge in [-0.1, -0.05) is 13.3 Å². The molecule has 2 rings (SSSR count). The number of hydrogen-bond acceptors (Lipinski definition) is 3. The van der Waals surface area contributed by atoms with Crippen molar-refractivity contribution in [3.8, 4) is 0 Å². The van der Waals surface area contributed by atoms with Gasteiger partial charge in [-0.05, 0) is 38.8 Å². The monoisotopic (exact) mass is 290 g/mol. The van der Waals surface area contributed by atoms with Gasteiger partial charge in [0, 0.05) is 18.8 Å². The summed E-state index contributed by atoms with van der Waals surface area (Å²) < 4.78 is 0. The van der Waals surface area contributed by atoms with Crippen LogP contribution in [0.3, 0.4) is 0 Å². The van der Waals surface area contributed by atoms with Gasteiger partial charge in [0.15, 0.2) is 0 Å². The van der Waals surface area contributed by atoms with Crippen molar-refractivity contribution in [2.45, 2.75) is 40.0 Å². The zero-order chi connectivity index (χ0) is 15.6. The number of carbonyl (C=O) groups excluding carboxylic acids is 1. The Morgan fingerprint density at radius 1 is 1.38 bits per heavy atom. The number of pyridine rings is 1. The molecule has 0 spiro atoms. The number of nitrogens with zero attached hydrogens (tertiary/aromatic N) is 2. The van der Waals surface area contributed by atoms with E-state index in [4.69, 9.17) is 0 Å². The molecule has 5 nitrogen and oxygen atoms in total. The summed E-state index contributed by atoms with van der Waals surface area (Å²) >= 11 is 0. The maximum absolute atomic E-state index is 12.6. The summed E-state index contributed by atoms with van der Waals surface area (Å²) in [6.07, 6.45) is 1.94. The molecule has 1 atom stereocenters. The van der Waals surface area contributed by atoms with E-state index in [-0.39, 0.29) is 5.91 Å². The number of likely N-dealkylation sites (tertiary alicyclic amines) is 1. The highest BCUT2D eigenvalue weighted by molar-refractivity contribution is 5.96. The topological polar surface area (TPSA) is 70.5 Å². The lowest BCUT2D eigenvalue weighted by Gasteiger charge is -2.24. The number of amides is 1. The van der Waals surface area contributed by atoms with Crippen molar-refractivity contribution in [1.29, 1.82) is 0 Å². The SMILES string of the molecule is CCCC1(C(=O)O)CCN(C(=O)c2ccc(C)nc2C)C1. The number of hydrogen-bond donors (Lipinski definition) is 1. The fraction of sp³-hybridized carbons (Fsp3) is 0.562. The van der Waals surface area contributed by atoms with Gasteiger partial charge < -0.3 is 10.0 Å². The average molecular weight is 290 g/mol. The molecule has 1 aliphatic rings. The Kier molecular flexibility index (Phi) is 4.30. The van der Waals surface area contributed by atoms with Gasteiger partial charge >= 0.3 is 5.97 Å². The van der Waals surface area contributed by atoms with Gasteiger partial charge in [-0.15, -0.1) is 0 Å². The van der Waals surface area contributed by atoms with E-state index in [0.29, 0.717) is 37.2 Å². The van der Waals surface area contributed by atoms with Crippen molar-refractivity contribution in [2.75, 3.05) is 13.1 Å². The van der Waals surface area contributed by atoms with Gasteiger partial charge in [-0.25, -0.2) is 0 Å². The van der Waals surface area contributed by atoms with Crippen molar-refractivity contribution < 1.29 is 14.7 Å². The largest absolute Gasteiger partial charge is 0.481 e. The molecule has 0 saturated carbocycles. The van der Waals surface area contributed by atoms with E-state index in [0.717, 1.165) is 12.1 Å². The minimum atomic E-state index is -0.793. The number of carbonyl (C=O) groups is 2. The van der Waals surface area contributed by atoms with Crippen LogP contribution in [0.4, 0.5) is 0 Å². The molecule has 1 aromatic rings. The zero-order valence-electron chi connectivity index (χ0n) is 12.8. The van der Waals surface area contributed by atoms with Gasteiger partial charge in [0.1, 0.15) is 0 Å². The van der Waals surface area contributed by atoms with Crippen LogP contribution in [0.2, 0.25) is 0 Å². The van der Waals surface area contributed by atoms with Crippen LogP contribution in [0.25, 0.3) is 0 Å². The molecule has 0 radical (unpaired) electrons. The van der Waals surface area contributed by atoms with Crippen LogP contribution in [0.5, 0.6) is 0 Å². The highest BCUT2D eigenvalue weighted by atomic mass is 16.4. The van der Waals surface area contributed by atoms with Crippen molar-refractivity contribution in [1.82, 2.24) is 9.88 Å². The molecule has 1 saturated heterocycles. The molecule has 1 aromatic heterocycles. The first-order chi connectivity index (χ1) is 9.89. The van der Waals surface area contributed by atoms with Gasteiger partial charge in [0.05, 0.1) is 16.7 Å². The first-order valence-electron chi connectivity index (χ1n) is 7.36. The van der Waals surface area contributed by atoms with E-state index < -0.39 is 11.4 Å². The number of aryl methyl sites for hydroxylation is 2. The molecule has 114 valence electrons. The zero-order valence-corrected chi connectivity index (χ0v) is 12.8. The molecule has 1 N–H and O–H groups in total. The number of carboxylic acids is 1. The van der Waals surface area contributed by atoms with Gasteiger partial charge in [0.2, 0.25) is 0 Å². The molecule has 2 heterocycles. The molecule has 1 aliphatic heterocycles. The Morgan fingerprint density at radius 2 is 2.10 bits per heavy atom. The molecule has 5 heteroatoms. The summed E-state index contributed by atoms with van der Waals surface area (Å²) in [4.78, 5) is 30.1. The van der Waals surface area contributed by atoms with Crippen LogP contribution in [-0.2, 0) is 4.79 Å². The Morgan fingerprint density at radius 3 is 2.67 bits per heavy atom. The summed E-state index contributed by atoms with van der Waals surface area (Å²) in [6, 6.07) is 3.59. The molecule has 1 amide bonds. The maximum Gasteiger partial charge on any atom is 0.311 e. The van der Waals surface area contributed by atoms with Crippen LogP contribution in [-0.4, -0.2) is 40.0 Å². The van der Waals surface area contributed by atoms with Crippen LogP contribution < -0.4 is 0 Å². The first kappa shape index (κ1) is 15.5. The number of aliphatic carboxylic acids is 1. The van der Waals surface area contributed by atoms with Crippen LogP contribution in [0.15, 0.2) is 12.1 Å². The van der Waals surface area contributed by atoms with E-state index in [2.05, 4.69) is 4.98 Å². The molecule has 21 heavy (non-hydrogen) atoms. The smallest absolute Gasteiger partial charge is 0.311 e. The molecule has 1 fully saturated rings. The van der Waals surface area contributed by atoms with Gasteiger partial charge in [-0.2, -0.15) is 0 Å². The first-order valence-corrected chi connectivity index (χ1v) is 7.36. The summed E-state index contributed by atoms with van der Waals surface area (Å²) in [5.74, 6) is -0.905. The van der Waals surface area contributed by atoms with E-state index in [1.807, 2.05) is 26.8 Å². The Bertz CT molecular complexity index is 571. The molecular weight excluding hydrogens is 268 g/mol. The third-order valence-electron chi connectivity index (χ3n) is 4.28. The summed E-state index contributed by atoms with van der Waals surface area (Å²) in [5.41, 5.74) is 1.36. The number of aromatic nitrogens is 1. The van der Waals surface area contributed by atoms with Crippen molar-refractivity contribution in [3.63, 3.8) is 0 Å². The normalized spacial score (nSPS) is 21.6. The van der Waals surface area contributed by atoms with Crippen LogP contribution in [0, 0.1) is 19.3 Å². The van der Waals surface area contributed by atoms with Gasteiger partial charge in [-0.3, -0.25) is 14.6 Å². The molecule has 0 bridgehead atoms. The lowest BCUT2D eigenvalue weighted by molar-refractivity contribution is -0.148. The van der Waals surface area contributed by atoms with Crippen molar-refractivity contribution in [2.24, 2.45) is 5.41 Å². The maximum atomic E-state index is 12.6. The summed E-state index contributed by atoms with van der Waals surface area (Å²) in [5, 5.41) is 9.51. The lowest BCUT2D eigenvalue weighted by atomic mass is 9.83. The third kappa shape index (κ3) is 2.91. The second-order valence-electron chi connectivity index (χ2n) is 5.90. The van der Waals surface area contributed by atoms with Crippen molar-refractivity contribution >= 4 is 11.9 Å². The summed E-state index contributed by atoms with van der Waals surface area (Å²) in [7, 11) is 0. The van der Waals surface area contributed by atoms with Crippen LogP contribution >= 0.6 is 0 Å². The van der Waals surface area contributed by atoms with E-state index >= 15 is 0 Å². The van der Waals surface area contributed by atoms with Gasteiger partial charge in [0.25, 0.3) is 5.91 Å². The second-order valence-corrected chi connectivity index (χ2v) is 5.90. The predicted octanol–water partition coefficient (Wildman–Crippen LogP) is 2.42. The van der Waals surface area contributed by atoms with Crippen LogP contribution in [0.1, 0.15) is 47.9 Å². The minimum absolute atomic E-state index is 0.112. The van der Waals surface area contributed by atoms with E-state index in [9.17, 15) is 14.7 Å². The highest BCUT2D eigenvalue weighted by Crippen LogP contribution is 2.36. The molecule has 1 unspecified atom stereocenters. The minimum Gasteiger partial charge on any atom is -0.481 e. The van der Waals surface area contributed by atoms with E-state index in [1.165, 1.54) is 0 Å². The number of carboxylic acid groups (broad SMARTS) is 1. The quantitative estimate of drug-likeness (QED) is 0.924. The fourth-order valence-electron chi connectivity index (χ4n) is 3.09. The highest BCUT2D eigenvalue weighted by Gasteiger charge is 2.45. The summed E-state index contributed by atoms with van der Waals surface area (Å²) in [6.45, 7) is 6.46. The Hall–Kier alpha value is -1.91. The van der Waals surface area contributed by atoms with Crippen molar-refractivity contribution in [3.05, 3.63) is 29.1 Å². The fourth-order valence-corrected chi connectivity index (χ4v) is 3.09. The Labute approximate surface area is 125 Å². The molecular formula is C16H22N2O3. The third-order valence-corrected chi connectivity index (χ3v) is 4.28. The lowest BCUT2D eigenvalue weighted by Crippen LogP contribution is -2.37.